The van der Waals surface area contributed by atoms with Gasteiger partial charge in [0.1, 0.15) is 12.4 Å². The molecule has 0 atom stereocenters. The summed E-state index contributed by atoms with van der Waals surface area (Å²) in [4.78, 5) is 11.9. The number of thiol groups is 1. The van der Waals surface area contributed by atoms with Gasteiger partial charge in [0.05, 0.1) is 0 Å². The molecule has 0 aromatic heterocycles. The second-order valence-corrected chi connectivity index (χ2v) is 9.55. The van der Waals surface area contributed by atoms with Crippen molar-refractivity contribution in [2.45, 2.75) is 47.0 Å². The van der Waals surface area contributed by atoms with Crippen LogP contribution in [0.4, 0.5) is 0 Å². The third-order valence-electron chi connectivity index (χ3n) is 4.82. The van der Waals surface area contributed by atoms with Crippen LogP contribution >= 0.6 is 24.6 Å². The summed E-state index contributed by atoms with van der Waals surface area (Å²) in [6, 6.07) is 5.71. The van der Waals surface area contributed by atoms with E-state index in [1.807, 2.05) is 38.4 Å². The number of thioether (sulfide) groups is 1. The first kappa shape index (κ1) is 25.7. The van der Waals surface area contributed by atoms with Gasteiger partial charge in [0.2, 0.25) is 0 Å². The van der Waals surface area contributed by atoms with Crippen molar-refractivity contribution in [2.75, 3.05) is 26.5 Å². The molecule has 0 saturated heterocycles. The minimum Gasteiger partial charge on any atom is -0.492 e. The lowest BCUT2D eigenvalue weighted by Crippen LogP contribution is -2.15. The molecular weight excluding hydrogens is 402 g/mol. The summed E-state index contributed by atoms with van der Waals surface area (Å²) < 4.78 is 7.40. The molecule has 0 fully saturated rings. The van der Waals surface area contributed by atoms with E-state index in [1.54, 1.807) is 11.2 Å². The number of rotatable bonds is 7. The molecule has 0 spiro atoms. The predicted octanol–water partition coefficient (Wildman–Crippen LogP) is 6.08. The van der Waals surface area contributed by atoms with Crippen molar-refractivity contribution >= 4 is 35.5 Å². The first-order valence-electron chi connectivity index (χ1n) is 9.84. The number of carbonyl (C=O) groups is 1. The van der Waals surface area contributed by atoms with E-state index >= 15 is 0 Å². The van der Waals surface area contributed by atoms with Gasteiger partial charge in [-0.05, 0) is 81.2 Å². The van der Waals surface area contributed by atoms with Crippen molar-refractivity contribution in [3.63, 3.8) is 0 Å². The van der Waals surface area contributed by atoms with Crippen LogP contribution in [-0.4, -0.2) is 41.8 Å². The molecule has 0 aliphatic heterocycles. The fourth-order valence-electron chi connectivity index (χ4n) is 2.93. The Morgan fingerprint density at radius 2 is 2.03 bits per heavy atom. The number of aryl methyl sites for hydroxylation is 1. The van der Waals surface area contributed by atoms with Crippen LogP contribution < -0.4 is 4.74 Å². The van der Waals surface area contributed by atoms with Crippen molar-refractivity contribution in [1.82, 2.24) is 4.31 Å². The molecule has 0 unspecified atom stereocenters. The summed E-state index contributed by atoms with van der Waals surface area (Å²) in [7, 11) is 1.87. The summed E-state index contributed by atoms with van der Waals surface area (Å²) in [6.45, 7) is 9.52. The molecule has 1 aromatic rings. The summed E-state index contributed by atoms with van der Waals surface area (Å²) in [6.07, 6.45) is 10.4. The highest BCUT2D eigenvalue weighted by molar-refractivity contribution is 8.07. The van der Waals surface area contributed by atoms with Gasteiger partial charge < -0.3 is 9.84 Å². The molecule has 1 N–H and O–H groups in total. The number of ether oxygens (including phenoxy) is 1. The number of benzene rings is 1. The Morgan fingerprint density at radius 1 is 1.34 bits per heavy atom. The van der Waals surface area contributed by atoms with Crippen molar-refractivity contribution in [3.05, 3.63) is 47.1 Å². The quantitative estimate of drug-likeness (QED) is 0.307. The van der Waals surface area contributed by atoms with Crippen LogP contribution in [0.2, 0.25) is 0 Å². The fraction of sp³-hybridized carbons (Fsp3) is 0.522. The molecule has 0 bridgehead atoms. The van der Waals surface area contributed by atoms with Gasteiger partial charge in [0.25, 0.3) is 0 Å². The van der Waals surface area contributed by atoms with E-state index < -0.39 is 5.97 Å². The first-order chi connectivity index (χ1) is 13.6. The second-order valence-electron chi connectivity index (χ2n) is 8.05. The lowest BCUT2D eigenvalue weighted by molar-refractivity contribution is -0.132. The van der Waals surface area contributed by atoms with Gasteiger partial charge in [-0.25, -0.2) is 4.79 Å². The van der Waals surface area contributed by atoms with Crippen LogP contribution in [0, 0.1) is 12.3 Å². The highest BCUT2D eigenvalue weighted by atomic mass is 32.2. The smallest absolute Gasteiger partial charge is 0.332 e. The van der Waals surface area contributed by atoms with E-state index in [2.05, 4.69) is 38.8 Å². The summed E-state index contributed by atoms with van der Waals surface area (Å²) in [5.41, 5.74) is 2.88. The molecule has 0 saturated carbocycles. The number of carboxylic acids is 1. The molecule has 2 rings (SSSR count). The van der Waals surface area contributed by atoms with E-state index in [9.17, 15) is 4.79 Å². The maximum absolute atomic E-state index is 11.1. The molecule has 29 heavy (non-hydrogen) atoms. The van der Waals surface area contributed by atoms with Crippen LogP contribution in [0.3, 0.4) is 0 Å². The van der Waals surface area contributed by atoms with E-state index in [-0.39, 0.29) is 0 Å². The van der Waals surface area contributed by atoms with E-state index in [0.717, 1.165) is 28.3 Å². The average molecular weight is 438 g/mol. The maximum Gasteiger partial charge on any atom is 0.332 e. The molecule has 1 aliphatic rings. The average Bonchev–Trinajstić information content (AvgIpc) is 2.63. The second kappa shape index (κ2) is 12.4. The van der Waals surface area contributed by atoms with Gasteiger partial charge in [-0.2, -0.15) is 0 Å². The lowest BCUT2D eigenvalue weighted by Gasteiger charge is -2.24. The number of aliphatic carboxylic acids is 1. The molecule has 4 nitrogen and oxygen atoms in total. The molecule has 162 valence electrons. The van der Waals surface area contributed by atoms with E-state index in [1.165, 1.54) is 31.0 Å². The maximum atomic E-state index is 11.1. The number of allylic oxidation sites excluding steroid dienone is 2. The molecular formula is C23H35NO3S2. The zero-order chi connectivity index (χ0) is 22.0. The Kier molecular flexibility index (Phi) is 10.9. The standard InChI is InChI=1S/C15H21NO3S2.C8H14/c1-10-9-12(19-8-7-16(3)20)5-6-13(10)14(21-4)11(2)15(17)18;1-8(2)6-4-3-5-7-8/h5-6,9,20H,7-8H2,1-4H3,(H,17,18);3-4H,5-7H2,1-2H3/b14-11+;. The number of likely N-dealkylation sites (N-methyl/N-ethyl adjacent to an activating group) is 1. The third kappa shape index (κ3) is 9.32. The summed E-state index contributed by atoms with van der Waals surface area (Å²) in [5.74, 6) is -0.115. The molecule has 6 heteroatoms. The summed E-state index contributed by atoms with van der Waals surface area (Å²) >= 11 is 5.59. The highest BCUT2D eigenvalue weighted by Gasteiger charge is 2.16. The van der Waals surface area contributed by atoms with Gasteiger partial charge in [0, 0.05) is 17.0 Å². The van der Waals surface area contributed by atoms with Crippen LogP contribution in [0.25, 0.3) is 4.91 Å². The largest absolute Gasteiger partial charge is 0.492 e. The number of carboxylic acid groups (broad SMARTS) is 1. The zero-order valence-corrected chi connectivity index (χ0v) is 20.2. The fourth-order valence-corrected chi connectivity index (χ4v) is 3.86. The van der Waals surface area contributed by atoms with Gasteiger partial charge in [0.15, 0.2) is 0 Å². The van der Waals surface area contributed by atoms with E-state index in [4.69, 9.17) is 9.84 Å². The van der Waals surface area contributed by atoms with Crippen LogP contribution in [-0.2, 0) is 4.79 Å². The Hall–Kier alpha value is -1.37. The van der Waals surface area contributed by atoms with Crippen molar-refractivity contribution < 1.29 is 14.6 Å². The van der Waals surface area contributed by atoms with Crippen LogP contribution in [0.5, 0.6) is 5.75 Å². The minimum absolute atomic E-state index is 0.357. The molecule has 1 aliphatic carbocycles. The zero-order valence-electron chi connectivity index (χ0n) is 18.5. The SMILES string of the molecule is CC1(C)CC=CCC1.CS/C(=C(\C)C(=O)O)c1ccc(OCCN(C)S)cc1C. The Labute approximate surface area is 185 Å². The molecule has 1 aromatic carbocycles. The first-order valence-corrected chi connectivity index (χ1v) is 11.5. The minimum atomic E-state index is -0.893. The molecule has 0 radical (unpaired) electrons. The van der Waals surface area contributed by atoms with Gasteiger partial charge in [-0.15, -0.1) is 11.8 Å². The predicted molar refractivity (Wildman–Crippen MR) is 129 cm³/mol. The Morgan fingerprint density at radius 3 is 2.45 bits per heavy atom. The lowest BCUT2D eigenvalue weighted by atomic mass is 9.81. The molecule has 0 heterocycles. The summed E-state index contributed by atoms with van der Waals surface area (Å²) in [5, 5.41) is 9.15. The van der Waals surface area contributed by atoms with E-state index in [0.29, 0.717) is 17.6 Å². The monoisotopic (exact) mass is 437 g/mol. The molecule has 0 amide bonds. The normalized spacial score (nSPS) is 16.0. The Bertz CT molecular complexity index is 740. The third-order valence-corrected chi connectivity index (χ3v) is 5.95. The van der Waals surface area contributed by atoms with Crippen molar-refractivity contribution in [1.29, 1.82) is 0 Å². The number of hydrogen-bond acceptors (Lipinski definition) is 5. The van der Waals surface area contributed by atoms with Gasteiger partial charge >= 0.3 is 5.97 Å². The Balaban J connectivity index is 0.000000436. The van der Waals surface area contributed by atoms with Crippen molar-refractivity contribution in [3.8, 4) is 5.75 Å². The number of hydrogen-bond donors (Lipinski definition) is 2. The van der Waals surface area contributed by atoms with Gasteiger partial charge in [-0.3, -0.25) is 4.31 Å². The van der Waals surface area contributed by atoms with Crippen LogP contribution in [0.1, 0.15) is 51.2 Å². The van der Waals surface area contributed by atoms with Crippen molar-refractivity contribution in [2.24, 2.45) is 5.41 Å². The number of nitrogens with zero attached hydrogens (tertiary/aromatic N) is 1. The van der Waals surface area contributed by atoms with Crippen LogP contribution in [0.15, 0.2) is 35.9 Å². The topological polar surface area (TPSA) is 49.8 Å². The van der Waals surface area contributed by atoms with Gasteiger partial charge in [-0.1, -0.05) is 38.8 Å². The highest BCUT2D eigenvalue weighted by Crippen LogP contribution is 2.33.